The molecule has 0 aliphatic carbocycles. The molecule has 0 bridgehead atoms. The van der Waals surface area contributed by atoms with Gasteiger partial charge in [-0.3, -0.25) is 9.59 Å². The molecule has 0 saturated carbocycles. The minimum absolute atomic E-state index is 0.0806. The number of benzene rings is 2. The van der Waals surface area contributed by atoms with Crippen molar-refractivity contribution in [2.45, 2.75) is 45.2 Å². The molecule has 4 rings (SSSR count). The molecule has 2 aliphatic rings. The zero-order chi connectivity index (χ0) is 20.1. The lowest BCUT2D eigenvalue weighted by atomic mass is 10.1. The van der Waals surface area contributed by atoms with Gasteiger partial charge in [0.25, 0.3) is 5.91 Å². The first kappa shape index (κ1) is 19.5. The Morgan fingerprint density at radius 2 is 1.69 bits per heavy atom. The first-order chi connectivity index (χ1) is 14.2. The molecule has 2 heterocycles. The van der Waals surface area contributed by atoms with E-state index in [2.05, 4.69) is 34.5 Å². The van der Waals surface area contributed by atoms with Gasteiger partial charge in [0, 0.05) is 50.4 Å². The third-order valence-electron chi connectivity index (χ3n) is 5.82. The average molecular weight is 392 g/mol. The summed E-state index contributed by atoms with van der Waals surface area (Å²) in [5.74, 6) is 0.122. The average Bonchev–Trinajstić information content (AvgIpc) is 3.17. The Morgan fingerprint density at radius 3 is 2.48 bits per heavy atom. The summed E-state index contributed by atoms with van der Waals surface area (Å²) in [6.45, 7) is 4.13. The van der Waals surface area contributed by atoms with Crippen molar-refractivity contribution in [1.29, 1.82) is 0 Å². The molecule has 2 aromatic carbocycles. The van der Waals surface area contributed by atoms with Gasteiger partial charge >= 0.3 is 0 Å². The van der Waals surface area contributed by atoms with E-state index in [0.717, 1.165) is 37.2 Å². The van der Waals surface area contributed by atoms with Gasteiger partial charge < -0.3 is 15.1 Å². The van der Waals surface area contributed by atoms with Gasteiger partial charge in [0.15, 0.2) is 0 Å². The van der Waals surface area contributed by atoms with Crippen molar-refractivity contribution < 1.29 is 9.59 Å². The normalized spacial score (nSPS) is 16.9. The molecule has 2 aliphatic heterocycles. The summed E-state index contributed by atoms with van der Waals surface area (Å²) in [6, 6.07) is 16.1. The van der Waals surface area contributed by atoms with Crippen molar-refractivity contribution in [2.24, 2.45) is 0 Å². The monoisotopic (exact) mass is 391 g/mol. The molecule has 29 heavy (non-hydrogen) atoms. The minimum Gasteiger partial charge on any atom is -0.372 e. The number of hydrogen-bond donors (Lipinski definition) is 1. The third-order valence-corrected chi connectivity index (χ3v) is 5.82. The molecule has 0 radical (unpaired) electrons. The molecule has 0 aromatic heterocycles. The molecular weight excluding hydrogens is 362 g/mol. The Kier molecular flexibility index (Phi) is 6.13. The summed E-state index contributed by atoms with van der Waals surface area (Å²) < 4.78 is 0. The van der Waals surface area contributed by atoms with Crippen LogP contribution in [0.5, 0.6) is 0 Å². The molecule has 0 atom stereocenters. The van der Waals surface area contributed by atoms with Gasteiger partial charge in [0.05, 0.1) is 0 Å². The predicted octanol–water partition coefficient (Wildman–Crippen LogP) is 3.73. The van der Waals surface area contributed by atoms with Crippen molar-refractivity contribution in [3.05, 3.63) is 65.2 Å². The van der Waals surface area contributed by atoms with Crippen LogP contribution in [0, 0.1) is 0 Å². The maximum Gasteiger partial charge on any atom is 0.251 e. The molecule has 152 valence electrons. The van der Waals surface area contributed by atoms with Crippen LogP contribution < -0.4 is 10.2 Å². The smallest absolute Gasteiger partial charge is 0.251 e. The first-order valence-corrected chi connectivity index (χ1v) is 10.7. The fourth-order valence-electron chi connectivity index (χ4n) is 4.20. The number of nitrogens with zero attached hydrogens (tertiary/aromatic N) is 2. The summed E-state index contributed by atoms with van der Waals surface area (Å²) in [6.07, 6.45) is 5.38. The van der Waals surface area contributed by atoms with E-state index in [1.165, 1.54) is 24.9 Å². The number of anilines is 1. The molecule has 5 nitrogen and oxygen atoms in total. The zero-order valence-electron chi connectivity index (χ0n) is 16.9. The van der Waals surface area contributed by atoms with E-state index < -0.39 is 0 Å². The van der Waals surface area contributed by atoms with Crippen LogP contribution in [0.2, 0.25) is 0 Å². The van der Waals surface area contributed by atoms with Gasteiger partial charge in [-0.05, 0) is 61.1 Å². The Morgan fingerprint density at radius 1 is 0.897 bits per heavy atom. The second-order valence-corrected chi connectivity index (χ2v) is 8.02. The number of amides is 2. The number of rotatable bonds is 6. The van der Waals surface area contributed by atoms with Gasteiger partial charge in [-0.25, -0.2) is 0 Å². The van der Waals surface area contributed by atoms with E-state index in [1.807, 2.05) is 29.2 Å². The number of likely N-dealkylation sites (tertiary alicyclic amines) is 1. The number of hydrogen-bond acceptors (Lipinski definition) is 3. The molecule has 2 amide bonds. The highest BCUT2D eigenvalue weighted by Gasteiger charge is 2.20. The van der Waals surface area contributed by atoms with Crippen molar-refractivity contribution >= 4 is 17.5 Å². The fraction of sp³-hybridized carbons (Fsp3) is 0.417. The van der Waals surface area contributed by atoms with Gasteiger partial charge in [0.2, 0.25) is 5.91 Å². The molecular formula is C24H29N3O2. The number of carbonyl (C=O) groups is 2. The molecule has 2 fully saturated rings. The lowest BCUT2D eigenvalue weighted by Gasteiger charge is -2.29. The molecule has 1 N–H and O–H groups in total. The largest absolute Gasteiger partial charge is 0.372 e. The molecule has 0 spiro atoms. The van der Waals surface area contributed by atoms with E-state index in [9.17, 15) is 9.59 Å². The van der Waals surface area contributed by atoms with E-state index in [-0.39, 0.29) is 11.8 Å². The van der Waals surface area contributed by atoms with Crippen LogP contribution in [0.15, 0.2) is 48.5 Å². The van der Waals surface area contributed by atoms with Crippen LogP contribution >= 0.6 is 0 Å². The number of nitrogens with one attached hydrogen (secondary N) is 1. The van der Waals surface area contributed by atoms with Crippen LogP contribution in [0.4, 0.5) is 5.69 Å². The standard InChI is InChI=1S/C24H29N3O2/c28-23-11-6-14-27(23)18-20-8-4-9-21(15-20)24(29)25-17-19-7-5-10-22(16-19)26-12-2-1-3-13-26/h4-5,7-10,15-16H,1-3,6,11-14,17-18H2,(H,25,29). The lowest BCUT2D eigenvalue weighted by Crippen LogP contribution is -2.29. The van der Waals surface area contributed by atoms with Crippen LogP contribution in [0.3, 0.4) is 0 Å². The fourth-order valence-corrected chi connectivity index (χ4v) is 4.20. The highest BCUT2D eigenvalue weighted by molar-refractivity contribution is 5.94. The summed E-state index contributed by atoms with van der Waals surface area (Å²) in [5, 5.41) is 3.04. The first-order valence-electron chi connectivity index (χ1n) is 10.7. The van der Waals surface area contributed by atoms with Crippen LogP contribution in [-0.2, 0) is 17.9 Å². The third kappa shape index (κ3) is 4.97. The number of carbonyl (C=O) groups excluding carboxylic acids is 2. The van der Waals surface area contributed by atoms with Gasteiger partial charge in [-0.2, -0.15) is 0 Å². The molecule has 2 saturated heterocycles. The maximum atomic E-state index is 12.7. The number of piperidine rings is 1. The summed E-state index contributed by atoms with van der Waals surface area (Å²) in [5.41, 5.74) is 4.00. The Bertz CT molecular complexity index is 874. The minimum atomic E-state index is -0.0806. The Hall–Kier alpha value is -2.82. The van der Waals surface area contributed by atoms with Crippen molar-refractivity contribution in [2.75, 3.05) is 24.5 Å². The van der Waals surface area contributed by atoms with E-state index >= 15 is 0 Å². The second-order valence-electron chi connectivity index (χ2n) is 8.02. The van der Waals surface area contributed by atoms with Gasteiger partial charge in [-0.1, -0.05) is 24.3 Å². The quantitative estimate of drug-likeness (QED) is 0.816. The van der Waals surface area contributed by atoms with Crippen LogP contribution in [0.1, 0.15) is 53.6 Å². The van der Waals surface area contributed by atoms with Crippen molar-refractivity contribution in [3.8, 4) is 0 Å². The predicted molar refractivity (Wildman–Crippen MR) is 115 cm³/mol. The van der Waals surface area contributed by atoms with Crippen molar-refractivity contribution in [3.63, 3.8) is 0 Å². The molecule has 5 heteroatoms. The van der Waals surface area contributed by atoms with Gasteiger partial charge in [-0.15, -0.1) is 0 Å². The summed E-state index contributed by atoms with van der Waals surface area (Å²) in [4.78, 5) is 28.8. The Balaban J connectivity index is 1.36. The summed E-state index contributed by atoms with van der Waals surface area (Å²) >= 11 is 0. The van der Waals surface area contributed by atoms with Crippen LogP contribution in [0.25, 0.3) is 0 Å². The maximum absolute atomic E-state index is 12.7. The highest BCUT2D eigenvalue weighted by Crippen LogP contribution is 2.21. The topological polar surface area (TPSA) is 52.7 Å². The zero-order valence-corrected chi connectivity index (χ0v) is 16.9. The Labute approximate surface area is 172 Å². The van der Waals surface area contributed by atoms with E-state index in [1.54, 1.807) is 0 Å². The second kappa shape index (κ2) is 9.12. The van der Waals surface area contributed by atoms with Gasteiger partial charge in [0.1, 0.15) is 0 Å². The highest BCUT2D eigenvalue weighted by atomic mass is 16.2. The summed E-state index contributed by atoms with van der Waals surface area (Å²) in [7, 11) is 0. The van der Waals surface area contributed by atoms with E-state index in [4.69, 9.17) is 0 Å². The van der Waals surface area contributed by atoms with Crippen LogP contribution in [-0.4, -0.2) is 36.3 Å². The SMILES string of the molecule is O=C(NCc1cccc(N2CCCCC2)c1)c1cccc(CN2CCCC2=O)c1. The van der Waals surface area contributed by atoms with Crippen molar-refractivity contribution in [1.82, 2.24) is 10.2 Å². The molecule has 2 aromatic rings. The lowest BCUT2D eigenvalue weighted by molar-refractivity contribution is -0.128. The van der Waals surface area contributed by atoms with E-state index in [0.29, 0.717) is 25.1 Å². The molecule has 0 unspecified atom stereocenters.